The van der Waals surface area contributed by atoms with Crippen LogP contribution in [0.5, 0.6) is 0 Å². The van der Waals surface area contributed by atoms with Crippen molar-refractivity contribution in [1.82, 2.24) is 5.32 Å². The molecule has 3 N–H and O–H groups in total. The van der Waals surface area contributed by atoms with Crippen molar-refractivity contribution in [3.8, 4) is 0 Å². The highest BCUT2D eigenvalue weighted by Crippen LogP contribution is 2.24. The SMILES string of the molecule is CNC(=O)C(C)CN(C)c1ccc(Cl)cc1C(N)=S. The zero-order valence-electron chi connectivity index (χ0n) is 11.2. The molecule has 4 nitrogen and oxygen atoms in total. The third-order valence-corrected chi connectivity index (χ3v) is 3.33. The lowest BCUT2D eigenvalue weighted by Gasteiger charge is -2.25. The topological polar surface area (TPSA) is 58.4 Å². The van der Waals surface area contributed by atoms with E-state index < -0.39 is 0 Å². The van der Waals surface area contributed by atoms with Gasteiger partial charge in [-0.15, -0.1) is 0 Å². The highest BCUT2D eigenvalue weighted by Gasteiger charge is 2.16. The number of hydrogen-bond donors (Lipinski definition) is 2. The van der Waals surface area contributed by atoms with Gasteiger partial charge in [-0.25, -0.2) is 0 Å². The fourth-order valence-electron chi connectivity index (χ4n) is 1.88. The number of nitrogens with two attached hydrogens (primary N) is 1. The van der Waals surface area contributed by atoms with E-state index in [0.29, 0.717) is 17.1 Å². The molecule has 19 heavy (non-hydrogen) atoms. The van der Waals surface area contributed by atoms with Gasteiger partial charge in [-0.2, -0.15) is 0 Å². The van der Waals surface area contributed by atoms with Gasteiger partial charge in [0.25, 0.3) is 0 Å². The number of carbonyl (C=O) groups excluding carboxylic acids is 1. The summed E-state index contributed by atoms with van der Waals surface area (Å²) in [6.45, 7) is 2.43. The molecular weight excluding hydrogens is 282 g/mol. The van der Waals surface area contributed by atoms with Crippen molar-refractivity contribution in [1.29, 1.82) is 0 Å². The van der Waals surface area contributed by atoms with Crippen LogP contribution in [0.25, 0.3) is 0 Å². The first-order valence-electron chi connectivity index (χ1n) is 5.89. The van der Waals surface area contributed by atoms with Gasteiger partial charge in [-0.05, 0) is 18.2 Å². The van der Waals surface area contributed by atoms with E-state index in [2.05, 4.69) is 5.32 Å². The monoisotopic (exact) mass is 299 g/mol. The number of anilines is 1. The maximum Gasteiger partial charge on any atom is 0.224 e. The Balaban J connectivity index is 2.96. The molecule has 1 aromatic rings. The molecule has 0 radical (unpaired) electrons. The van der Waals surface area contributed by atoms with Crippen molar-refractivity contribution in [2.45, 2.75) is 6.92 Å². The fourth-order valence-corrected chi connectivity index (χ4v) is 2.21. The van der Waals surface area contributed by atoms with E-state index in [1.807, 2.05) is 24.9 Å². The van der Waals surface area contributed by atoms with E-state index in [1.54, 1.807) is 19.2 Å². The first-order valence-corrected chi connectivity index (χ1v) is 6.67. The normalized spacial score (nSPS) is 11.8. The standard InChI is InChI=1S/C13H18ClN3OS/c1-8(13(18)16-2)7-17(3)11-5-4-9(14)6-10(11)12(15)19/h4-6,8H,7H2,1-3H3,(H2,15,19)(H,16,18). The van der Waals surface area contributed by atoms with Gasteiger partial charge < -0.3 is 16.0 Å². The van der Waals surface area contributed by atoms with E-state index >= 15 is 0 Å². The lowest BCUT2D eigenvalue weighted by molar-refractivity contribution is -0.123. The largest absolute Gasteiger partial charge is 0.389 e. The van der Waals surface area contributed by atoms with Crippen LogP contribution < -0.4 is 16.0 Å². The van der Waals surface area contributed by atoms with Crippen molar-refractivity contribution >= 4 is 40.4 Å². The molecule has 1 rings (SSSR count). The summed E-state index contributed by atoms with van der Waals surface area (Å²) in [5.41, 5.74) is 7.29. The van der Waals surface area contributed by atoms with Crippen molar-refractivity contribution in [3.63, 3.8) is 0 Å². The van der Waals surface area contributed by atoms with Crippen LogP contribution in [-0.4, -0.2) is 31.5 Å². The van der Waals surface area contributed by atoms with Crippen LogP contribution in [0, 0.1) is 5.92 Å². The average molecular weight is 300 g/mol. The second-order valence-electron chi connectivity index (χ2n) is 4.42. The Labute approximate surface area is 123 Å². The molecule has 0 aliphatic rings. The number of carbonyl (C=O) groups is 1. The summed E-state index contributed by atoms with van der Waals surface area (Å²) in [5.74, 6) is -0.137. The van der Waals surface area contributed by atoms with Crippen LogP contribution in [0.3, 0.4) is 0 Å². The summed E-state index contributed by atoms with van der Waals surface area (Å²) in [6, 6.07) is 5.37. The number of halogens is 1. The first kappa shape index (κ1) is 15.7. The van der Waals surface area contributed by atoms with E-state index in [0.717, 1.165) is 5.69 Å². The molecule has 0 bridgehead atoms. The first-order chi connectivity index (χ1) is 8.86. The van der Waals surface area contributed by atoms with Crippen LogP contribution in [0.1, 0.15) is 12.5 Å². The molecule has 1 atom stereocenters. The Morgan fingerprint density at radius 1 is 1.58 bits per heavy atom. The summed E-state index contributed by atoms with van der Waals surface area (Å²) < 4.78 is 0. The molecule has 1 amide bonds. The van der Waals surface area contributed by atoms with Gasteiger partial charge in [0.05, 0.1) is 5.92 Å². The fraction of sp³-hybridized carbons (Fsp3) is 0.385. The second-order valence-corrected chi connectivity index (χ2v) is 5.30. The van der Waals surface area contributed by atoms with Gasteiger partial charge in [-0.1, -0.05) is 30.7 Å². The minimum absolute atomic E-state index is 0.00214. The smallest absolute Gasteiger partial charge is 0.224 e. The minimum atomic E-state index is -0.134. The predicted molar refractivity (Wildman–Crippen MR) is 83.8 cm³/mol. The molecule has 0 saturated carbocycles. The molecule has 6 heteroatoms. The third kappa shape index (κ3) is 4.08. The van der Waals surface area contributed by atoms with Crippen LogP contribution >= 0.6 is 23.8 Å². The Morgan fingerprint density at radius 3 is 2.74 bits per heavy atom. The zero-order valence-corrected chi connectivity index (χ0v) is 12.8. The van der Waals surface area contributed by atoms with Crippen molar-refractivity contribution < 1.29 is 4.79 Å². The molecular formula is C13H18ClN3OS. The number of hydrogen-bond acceptors (Lipinski definition) is 3. The number of nitrogens with zero attached hydrogens (tertiary/aromatic N) is 1. The highest BCUT2D eigenvalue weighted by molar-refractivity contribution is 7.80. The van der Waals surface area contributed by atoms with Crippen molar-refractivity contribution in [3.05, 3.63) is 28.8 Å². The lowest BCUT2D eigenvalue weighted by atomic mass is 10.1. The van der Waals surface area contributed by atoms with E-state index in [9.17, 15) is 4.79 Å². The molecule has 0 aliphatic carbocycles. The lowest BCUT2D eigenvalue weighted by Crippen LogP contribution is -2.35. The Hall–Kier alpha value is -1.33. The molecule has 0 spiro atoms. The molecule has 1 unspecified atom stereocenters. The highest BCUT2D eigenvalue weighted by atomic mass is 35.5. The van der Waals surface area contributed by atoms with Crippen LogP contribution in [-0.2, 0) is 4.79 Å². The molecule has 0 fully saturated rings. The average Bonchev–Trinajstić information content (AvgIpc) is 2.37. The van der Waals surface area contributed by atoms with Gasteiger partial charge in [-0.3, -0.25) is 4.79 Å². The number of benzene rings is 1. The van der Waals surface area contributed by atoms with E-state index in [4.69, 9.17) is 29.6 Å². The van der Waals surface area contributed by atoms with Gasteiger partial charge in [0.1, 0.15) is 4.99 Å². The second kappa shape index (κ2) is 6.73. The number of thiocarbonyl (C=S) groups is 1. The van der Waals surface area contributed by atoms with Crippen LogP contribution in [0.15, 0.2) is 18.2 Å². The van der Waals surface area contributed by atoms with Gasteiger partial charge >= 0.3 is 0 Å². The molecule has 1 aromatic carbocycles. The van der Waals surface area contributed by atoms with Crippen molar-refractivity contribution in [2.75, 3.05) is 25.5 Å². The Morgan fingerprint density at radius 2 is 2.21 bits per heavy atom. The minimum Gasteiger partial charge on any atom is -0.389 e. The zero-order chi connectivity index (χ0) is 14.6. The number of rotatable bonds is 5. The quantitative estimate of drug-likeness (QED) is 0.814. The third-order valence-electron chi connectivity index (χ3n) is 2.88. The number of amides is 1. The summed E-state index contributed by atoms with van der Waals surface area (Å²) in [7, 11) is 3.52. The molecule has 104 valence electrons. The summed E-state index contributed by atoms with van der Waals surface area (Å²) >= 11 is 11.0. The summed E-state index contributed by atoms with van der Waals surface area (Å²) in [6.07, 6.45) is 0. The van der Waals surface area contributed by atoms with Gasteiger partial charge in [0, 0.05) is 36.9 Å². The predicted octanol–water partition coefficient (Wildman–Crippen LogP) is 1.79. The molecule has 0 heterocycles. The van der Waals surface area contributed by atoms with E-state index in [-0.39, 0.29) is 16.8 Å². The molecule has 0 aliphatic heterocycles. The molecule has 0 aromatic heterocycles. The maximum absolute atomic E-state index is 11.5. The number of nitrogens with one attached hydrogen (secondary N) is 1. The van der Waals surface area contributed by atoms with Crippen LogP contribution in [0.2, 0.25) is 5.02 Å². The van der Waals surface area contributed by atoms with Gasteiger partial charge in [0.2, 0.25) is 5.91 Å². The summed E-state index contributed by atoms with van der Waals surface area (Å²) in [4.78, 5) is 13.8. The van der Waals surface area contributed by atoms with Crippen molar-refractivity contribution in [2.24, 2.45) is 11.7 Å². The summed E-state index contributed by atoms with van der Waals surface area (Å²) in [5, 5.41) is 3.21. The maximum atomic E-state index is 11.5. The van der Waals surface area contributed by atoms with Crippen LogP contribution in [0.4, 0.5) is 5.69 Å². The van der Waals surface area contributed by atoms with E-state index in [1.165, 1.54) is 0 Å². The van der Waals surface area contributed by atoms with Gasteiger partial charge in [0.15, 0.2) is 0 Å². The molecule has 0 saturated heterocycles. The Bertz CT molecular complexity index is 493. The Kier molecular flexibility index (Phi) is 5.57.